The second-order valence-electron chi connectivity index (χ2n) is 7.01. The normalized spacial score (nSPS) is 11.0. The number of aryl methyl sites for hydroxylation is 1. The molecule has 0 saturated heterocycles. The summed E-state index contributed by atoms with van der Waals surface area (Å²) in [5.41, 5.74) is 3.76. The molecular formula is C23H19N3O3S2. The molecular weight excluding hydrogens is 430 g/mol. The smallest absolute Gasteiger partial charge is 0.269 e. The number of nitro benzene ring substituents is 1. The maximum absolute atomic E-state index is 13.4. The molecule has 0 unspecified atom stereocenters. The summed E-state index contributed by atoms with van der Waals surface area (Å²) in [4.78, 5) is 29.4. The van der Waals surface area contributed by atoms with Gasteiger partial charge in [-0.25, -0.2) is 4.98 Å². The molecule has 0 radical (unpaired) electrons. The lowest BCUT2D eigenvalue weighted by Gasteiger charge is -2.11. The first kappa shape index (κ1) is 21.0. The van der Waals surface area contributed by atoms with E-state index in [-0.39, 0.29) is 11.2 Å². The highest BCUT2D eigenvalue weighted by atomic mass is 32.2. The third-order valence-corrected chi connectivity index (χ3v) is 6.74. The first-order valence-electron chi connectivity index (χ1n) is 9.54. The van der Waals surface area contributed by atoms with E-state index in [9.17, 15) is 14.9 Å². The summed E-state index contributed by atoms with van der Waals surface area (Å²) in [6, 6.07) is 14.6. The fourth-order valence-corrected chi connectivity index (χ4v) is 5.20. The number of nitro groups is 1. The molecule has 0 N–H and O–H groups in total. The van der Waals surface area contributed by atoms with Crippen LogP contribution in [0.2, 0.25) is 0 Å². The largest absolute Gasteiger partial charge is 0.283 e. The van der Waals surface area contributed by atoms with E-state index in [1.54, 1.807) is 22.8 Å². The molecule has 0 fully saturated rings. The van der Waals surface area contributed by atoms with Gasteiger partial charge in [0.1, 0.15) is 4.83 Å². The molecule has 2 aromatic carbocycles. The quantitative estimate of drug-likeness (QED) is 0.117. The van der Waals surface area contributed by atoms with Crippen LogP contribution in [0.3, 0.4) is 0 Å². The topological polar surface area (TPSA) is 78.0 Å². The van der Waals surface area contributed by atoms with Gasteiger partial charge in [0.25, 0.3) is 11.2 Å². The van der Waals surface area contributed by atoms with E-state index >= 15 is 0 Å². The number of thiophene rings is 1. The van der Waals surface area contributed by atoms with Crippen LogP contribution in [-0.2, 0) is 12.3 Å². The van der Waals surface area contributed by atoms with Crippen molar-refractivity contribution in [2.45, 2.75) is 24.4 Å². The number of hydrogen-bond acceptors (Lipinski definition) is 6. The van der Waals surface area contributed by atoms with Gasteiger partial charge in [-0.1, -0.05) is 59.8 Å². The molecule has 0 spiro atoms. The highest BCUT2D eigenvalue weighted by molar-refractivity contribution is 7.98. The van der Waals surface area contributed by atoms with Gasteiger partial charge in [-0.15, -0.1) is 17.9 Å². The van der Waals surface area contributed by atoms with E-state index in [4.69, 9.17) is 4.98 Å². The third-order valence-electron chi connectivity index (χ3n) is 4.82. The fourth-order valence-electron chi connectivity index (χ4n) is 3.26. The lowest BCUT2D eigenvalue weighted by Crippen LogP contribution is -2.22. The number of aromatic nitrogens is 2. The van der Waals surface area contributed by atoms with Gasteiger partial charge in [0, 0.05) is 35.4 Å². The van der Waals surface area contributed by atoms with E-state index in [1.165, 1.54) is 29.2 Å². The summed E-state index contributed by atoms with van der Waals surface area (Å²) in [6.45, 7) is 6.14. The molecule has 2 aromatic heterocycles. The average Bonchev–Trinajstić information content (AvgIpc) is 3.19. The summed E-state index contributed by atoms with van der Waals surface area (Å²) in [7, 11) is 0. The van der Waals surface area contributed by atoms with Crippen LogP contribution in [0, 0.1) is 17.0 Å². The SMILES string of the molecule is C=CCn1c(SCc2cccc([N+](=O)[O-])c2)nc2scc(-c3ccc(C)cc3)c2c1=O. The maximum atomic E-state index is 13.4. The standard InChI is InChI=1S/C23H19N3O3S2/c1-3-11-25-22(27)20-19(17-9-7-15(2)8-10-17)14-30-21(20)24-23(25)31-13-16-5-4-6-18(12-16)26(28)29/h3-10,12,14H,1,11,13H2,2H3. The first-order chi connectivity index (χ1) is 15.0. The van der Waals surface area contributed by atoms with E-state index in [0.29, 0.717) is 27.7 Å². The Kier molecular flexibility index (Phi) is 6.01. The van der Waals surface area contributed by atoms with Crippen LogP contribution in [0.1, 0.15) is 11.1 Å². The summed E-state index contributed by atoms with van der Waals surface area (Å²) in [6.07, 6.45) is 1.67. The van der Waals surface area contributed by atoms with Crippen molar-refractivity contribution in [2.75, 3.05) is 0 Å². The average molecular weight is 450 g/mol. The summed E-state index contributed by atoms with van der Waals surface area (Å²) >= 11 is 2.83. The van der Waals surface area contributed by atoms with Crippen molar-refractivity contribution in [3.63, 3.8) is 0 Å². The molecule has 6 nitrogen and oxygen atoms in total. The minimum absolute atomic E-state index is 0.0472. The highest BCUT2D eigenvalue weighted by Crippen LogP contribution is 2.33. The second-order valence-corrected chi connectivity index (χ2v) is 8.81. The van der Waals surface area contributed by atoms with E-state index in [2.05, 4.69) is 6.58 Å². The van der Waals surface area contributed by atoms with Crippen molar-refractivity contribution < 1.29 is 4.92 Å². The van der Waals surface area contributed by atoms with Gasteiger partial charge >= 0.3 is 0 Å². The predicted octanol–water partition coefficient (Wildman–Crippen LogP) is 5.82. The van der Waals surface area contributed by atoms with E-state index in [0.717, 1.165) is 22.3 Å². The fraction of sp³-hybridized carbons (Fsp3) is 0.130. The second kappa shape index (κ2) is 8.87. The Balaban J connectivity index is 1.74. The van der Waals surface area contributed by atoms with Gasteiger partial charge in [-0.2, -0.15) is 0 Å². The number of non-ortho nitro benzene ring substituents is 1. The molecule has 4 rings (SSSR count). The number of benzene rings is 2. The van der Waals surface area contributed by atoms with Crippen LogP contribution in [-0.4, -0.2) is 14.5 Å². The number of thioether (sulfide) groups is 1. The molecule has 8 heteroatoms. The van der Waals surface area contributed by atoms with Gasteiger partial charge in [0.15, 0.2) is 5.16 Å². The van der Waals surface area contributed by atoms with Gasteiger partial charge < -0.3 is 0 Å². The first-order valence-corrected chi connectivity index (χ1v) is 11.4. The van der Waals surface area contributed by atoms with Crippen molar-refractivity contribution in [3.8, 4) is 11.1 Å². The number of fused-ring (bicyclic) bond motifs is 1. The molecule has 0 aliphatic heterocycles. The summed E-state index contributed by atoms with van der Waals surface area (Å²) in [5, 5.41) is 14.2. The van der Waals surface area contributed by atoms with Gasteiger partial charge in [0.2, 0.25) is 0 Å². The van der Waals surface area contributed by atoms with E-state index in [1.807, 2.05) is 42.6 Å². The molecule has 0 bridgehead atoms. The number of nitrogens with zero attached hydrogens (tertiary/aromatic N) is 3. The van der Waals surface area contributed by atoms with E-state index < -0.39 is 4.92 Å². The monoisotopic (exact) mass is 449 g/mol. The number of allylic oxidation sites excluding steroid dienone is 1. The van der Waals surface area contributed by atoms with Crippen molar-refractivity contribution in [2.24, 2.45) is 0 Å². The zero-order chi connectivity index (χ0) is 22.0. The third kappa shape index (κ3) is 4.30. The van der Waals surface area contributed by atoms with Crippen LogP contribution in [0.5, 0.6) is 0 Å². The number of rotatable bonds is 7. The molecule has 4 aromatic rings. The van der Waals surface area contributed by atoms with Crippen molar-refractivity contribution in [1.82, 2.24) is 9.55 Å². The Morgan fingerprint density at radius 2 is 2.03 bits per heavy atom. The molecule has 156 valence electrons. The molecule has 2 heterocycles. The number of hydrogen-bond donors (Lipinski definition) is 0. The summed E-state index contributed by atoms with van der Waals surface area (Å²) < 4.78 is 1.61. The van der Waals surface area contributed by atoms with Crippen LogP contribution in [0.4, 0.5) is 5.69 Å². The zero-order valence-corrected chi connectivity index (χ0v) is 18.4. The van der Waals surface area contributed by atoms with Crippen LogP contribution >= 0.6 is 23.1 Å². The molecule has 0 aliphatic rings. The van der Waals surface area contributed by atoms with Crippen LogP contribution in [0.25, 0.3) is 21.3 Å². The van der Waals surface area contributed by atoms with Gasteiger partial charge in [0.05, 0.1) is 10.3 Å². The molecule has 0 atom stereocenters. The predicted molar refractivity (Wildman–Crippen MR) is 127 cm³/mol. The minimum atomic E-state index is -0.412. The minimum Gasteiger partial charge on any atom is -0.283 e. The maximum Gasteiger partial charge on any atom is 0.269 e. The summed E-state index contributed by atoms with van der Waals surface area (Å²) in [5.74, 6) is 0.465. The van der Waals surface area contributed by atoms with Crippen molar-refractivity contribution in [1.29, 1.82) is 0 Å². The molecule has 0 amide bonds. The Labute approximate surface area is 187 Å². The lowest BCUT2D eigenvalue weighted by atomic mass is 10.1. The van der Waals surface area contributed by atoms with Crippen LogP contribution in [0.15, 0.2) is 76.5 Å². The van der Waals surface area contributed by atoms with Crippen molar-refractivity contribution in [3.05, 3.63) is 98.2 Å². The Bertz CT molecular complexity index is 1340. The molecule has 0 saturated carbocycles. The van der Waals surface area contributed by atoms with Crippen molar-refractivity contribution >= 4 is 39.0 Å². The molecule has 0 aliphatic carbocycles. The Morgan fingerprint density at radius 1 is 1.26 bits per heavy atom. The van der Waals surface area contributed by atoms with Crippen LogP contribution < -0.4 is 5.56 Å². The lowest BCUT2D eigenvalue weighted by molar-refractivity contribution is -0.384. The molecule has 31 heavy (non-hydrogen) atoms. The Hall–Kier alpha value is -3.23. The Morgan fingerprint density at radius 3 is 2.74 bits per heavy atom. The zero-order valence-electron chi connectivity index (χ0n) is 16.8. The van der Waals surface area contributed by atoms with Gasteiger partial charge in [-0.3, -0.25) is 19.5 Å². The highest BCUT2D eigenvalue weighted by Gasteiger charge is 2.17. The van der Waals surface area contributed by atoms with Gasteiger partial charge in [-0.05, 0) is 18.1 Å².